The second kappa shape index (κ2) is 7.01. The van der Waals surface area contributed by atoms with Crippen LogP contribution in [0.2, 0.25) is 0 Å². The van der Waals surface area contributed by atoms with E-state index >= 15 is 0 Å². The molecule has 1 aliphatic rings. The predicted molar refractivity (Wildman–Crippen MR) is 72.7 cm³/mol. The zero-order chi connectivity index (χ0) is 12.7. The van der Waals surface area contributed by atoms with Crippen LogP contribution >= 0.6 is 0 Å². The lowest BCUT2D eigenvalue weighted by Gasteiger charge is -2.35. The van der Waals surface area contributed by atoms with E-state index in [0.29, 0.717) is 0 Å². The van der Waals surface area contributed by atoms with Crippen molar-refractivity contribution >= 4 is 0 Å². The Bertz CT molecular complexity index is 248. The Hall–Kier alpha value is -0.550. The highest BCUT2D eigenvalue weighted by atomic mass is 15.1. The molecule has 0 aromatic rings. The van der Waals surface area contributed by atoms with Gasteiger partial charge < -0.3 is 4.90 Å². The maximum absolute atomic E-state index is 9.15. The largest absolute Gasteiger partial charge is 0.303 e. The summed E-state index contributed by atoms with van der Waals surface area (Å²) in [5.74, 6) is 0.757. The minimum Gasteiger partial charge on any atom is -0.303 e. The molecule has 1 saturated carbocycles. The number of unbranched alkanes of at least 4 members (excludes halogenated alkanes) is 1. The van der Waals surface area contributed by atoms with E-state index in [4.69, 9.17) is 5.26 Å². The third-order valence-electron chi connectivity index (χ3n) is 4.00. The first-order valence-corrected chi connectivity index (χ1v) is 7.25. The number of nitriles is 1. The van der Waals surface area contributed by atoms with Gasteiger partial charge in [-0.25, -0.2) is 0 Å². The van der Waals surface area contributed by atoms with Crippen molar-refractivity contribution in [3.63, 3.8) is 0 Å². The van der Waals surface area contributed by atoms with Gasteiger partial charge in [0.05, 0.1) is 11.5 Å². The van der Waals surface area contributed by atoms with E-state index in [-0.39, 0.29) is 5.41 Å². The van der Waals surface area contributed by atoms with Crippen molar-refractivity contribution in [2.24, 2.45) is 11.3 Å². The molecule has 2 heteroatoms. The molecule has 0 bridgehead atoms. The van der Waals surface area contributed by atoms with Gasteiger partial charge in [0.2, 0.25) is 0 Å². The molecule has 0 unspecified atom stereocenters. The summed E-state index contributed by atoms with van der Waals surface area (Å²) in [4.78, 5) is 2.53. The summed E-state index contributed by atoms with van der Waals surface area (Å²) in [5, 5.41) is 9.15. The number of nitrogens with zero attached hydrogens (tertiary/aromatic N) is 2. The number of hydrogen-bond acceptors (Lipinski definition) is 2. The number of hydrogen-bond donors (Lipinski definition) is 0. The fourth-order valence-corrected chi connectivity index (χ4v) is 2.71. The summed E-state index contributed by atoms with van der Waals surface area (Å²) in [6, 6.07) is 2.54. The molecule has 0 amide bonds. The fraction of sp³-hybridized carbons (Fsp3) is 0.933. The summed E-state index contributed by atoms with van der Waals surface area (Å²) in [5.41, 5.74) is 0.0785. The average Bonchev–Trinajstić information content (AvgIpc) is 2.25. The maximum atomic E-state index is 9.15. The first kappa shape index (κ1) is 14.5. The highest BCUT2D eigenvalue weighted by molar-refractivity contribution is 5.04. The molecule has 0 aromatic carbocycles. The van der Waals surface area contributed by atoms with Gasteiger partial charge in [-0.2, -0.15) is 5.26 Å². The molecule has 0 heterocycles. The third kappa shape index (κ3) is 4.68. The maximum Gasteiger partial charge on any atom is 0.0689 e. The van der Waals surface area contributed by atoms with Crippen molar-refractivity contribution in [3.8, 4) is 6.07 Å². The molecule has 17 heavy (non-hydrogen) atoms. The van der Waals surface area contributed by atoms with Gasteiger partial charge in [-0.05, 0) is 44.7 Å². The minimum atomic E-state index is 0.0785. The van der Waals surface area contributed by atoms with Crippen molar-refractivity contribution < 1.29 is 0 Å². The number of rotatable bonds is 8. The SMILES string of the molecule is CCN(CCCCC1(C#N)CCC1)CC(C)C. The molecule has 1 fully saturated rings. The minimum absolute atomic E-state index is 0.0785. The van der Waals surface area contributed by atoms with Gasteiger partial charge in [-0.15, -0.1) is 0 Å². The van der Waals surface area contributed by atoms with E-state index in [1.165, 1.54) is 32.4 Å². The van der Waals surface area contributed by atoms with Crippen LogP contribution in [0.3, 0.4) is 0 Å². The van der Waals surface area contributed by atoms with E-state index in [1.807, 2.05) is 0 Å². The Balaban J connectivity index is 2.12. The highest BCUT2D eigenvalue weighted by Crippen LogP contribution is 2.44. The lowest BCUT2D eigenvalue weighted by Crippen LogP contribution is -2.30. The molecule has 0 aromatic heterocycles. The van der Waals surface area contributed by atoms with Gasteiger partial charge in [0.15, 0.2) is 0 Å². The van der Waals surface area contributed by atoms with Gasteiger partial charge in [-0.3, -0.25) is 0 Å². The average molecular weight is 236 g/mol. The Morgan fingerprint density at radius 3 is 2.41 bits per heavy atom. The molecule has 1 rings (SSSR count). The Morgan fingerprint density at radius 2 is 2.00 bits per heavy atom. The van der Waals surface area contributed by atoms with Gasteiger partial charge >= 0.3 is 0 Å². The summed E-state index contributed by atoms with van der Waals surface area (Å²) >= 11 is 0. The molecule has 0 spiro atoms. The smallest absolute Gasteiger partial charge is 0.0689 e. The first-order chi connectivity index (χ1) is 8.12. The summed E-state index contributed by atoms with van der Waals surface area (Å²) in [6.07, 6.45) is 7.16. The van der Waals surface area contributed by atoms with Crippen molar-refractivity contribution in [1.82, 2.24) is 4.90 Å². The third-order valence-corrected chi connectivity index (χ3v) is 4.00. The summed E-state index contributed by atoms with van der Waals surface area (Å²) in [7, 11) is 0. The summed E-state index contributed by atoms with van der Waals surface area (Å²) in [6.45, 7) is 10.4. The van der Waals surface area contributed by atoms with Crippen LogP contribution in [-0.2, 0) is 0 Å². The van der Waals surface area contributed by atoms with Gasteiger partial charge in [-0.1, -0.05) is 33.6 Å². The molecule has 0 aliphatic heterocycles. The standard InChI is InChI=1S/C15H28N2/c1-4-17(12-14(2)3)11-6-5-8-15(13-16)9-7-10-15/h14H,4-12H2,1-3H3. The summed E-state index contributed by atoms with van der Waals surface area (Å²) < 4.78 is 0. The van der Waals surface area contributed by atoms with Crippen LogP contribution in [-0.4, -0.2) is 24.5 Å². The van der Waals surface area contributed by atoms with Crippen LogP contribution in [0.1, 0.15) is 59.3 Å². The monoisotopic (exact) mass is 236 g/mol. The molecular weight excluding hydrogens is 208 g/mol. The molecular formula is C15H28N2. The Morgan fingerprint density at radius 1 is 1.29 bits per heavy atom. The van der Waals surface area contributed by atoms with Crippen molar-refractivity contribution in [2.45, 2.75) is 59.3 Å². The van der Waals surface area contributed by atoms with E-state index < -0.39 is 0 Å². The zero-order valence-corrected chi connectivity index (χ0v) is 11.8. The zero-order valence-electron chi connectivity index (χ0n) is 11.8. The van der Waals surface area contributed by atoms with Crippen LogP contribution < -0.4 is 0 Å². The van der Waals surface area contributed by atoms with Crippen LogP contribution in [0.15, 0.2) is 0 Å². The van der Waals surface area contributed by atoms with Crippen LogP contribution in [0.5, 0.6) is 0 Å². The topological polar surface area (TPSA) is 27.0 Å². The van der Waals surface area contributed by atoms with Crippen molar-refractivity contribution in [3.05, 3.63) is 0 Å². The van der Waals surface area contributed by atoms with Crippen LogP contribution in [0, 0.1) is 22.7 Å². The quantitative estimate of drug-likeness (QED) is 0.599. The second-order valence-corrected chi connectivity index (χ2v) is 5.99. The van der Waals surface area contributed by atoms with Gasteiger partial charge in [0, 0.05) is 6.54 Å². The lowest BCUT2D eigenvalue weighted by molar-refractivity contribution is 0.184. The molecule has 0 N–H and O–H groups in total. The van der Waals surface area contributed by atoms with E-state index in [0.717, 1.165) is 31.7 Å². The molecule has 0 radical (unpaired) electrons. The van der Waals surface area contributed by atoms with Crippen LogP contribution in [0.25, 0.3) is 0 Å². The second-order valence-electron chi connectivity index (χ2n) is 5.99. The van der Waals surface area contributed by atoms with Gasteiger partial charge in [0.25, 0.3) is 0 Å². The normalized spacial score (nSPS) is 18.1. The first-order valence-electron chi connectivity index (χ1n) is 7.25. The van der Waals surface area contributed by atoms with Gasteiger partial charge in [0.1, 0.15) is 0 Å². The Labute approximate surface area is 107 Å². The molecule has 98 valence electrons. The Kier molecular flexibility index (Phi) is 5.98. The van der Waals surface area contributed by atoms with E-state index in [1.54, 1.807) is 0 Å². The molecule has 1 aliphatic carbocycles. The highest BCUT2D eigenvalue weighted by Gasteiger charge is 2.36. The fourth-order valence-electron chi connectivity index (χ4n) is 2.71. The molecule has 2 nitrogen and oxygen atoms in total. The molecule has 0 atom stereocenters. The lowest BCUT2D eigenvalue weighted by atomic mass is 9.67. The predicted octanol–water partition coefficient (Wildman–Crippen LogP) is 3.83. The van der Waals surface area contributed by atoms with Crippen molar-refractivity contribution in [1.29, 1.82) is 5.26 Å². The van der Waals surface area contributed by atoms with Crippen molar-refractivity contribution in [2.75, 3.05) is 19.6 Å². The van der Waals surface area contributed by atoms with E-state index in [9.17, 15) is 0 Å². The van der Waals surface area contributed by atoms with E-state index in [2.05, 4.69) is 31.7 Å². The molecule has 0 saturated heterocycles. The van der Waals surface area contributed by atoms with Crippen LogP contribution in [0.4, 0.5) is 0 Å².